The third-order valence-electron chi connectivity index (χ3n) is 4.35. The Labute approximate surface area is 159 Å². The maximum Gasteiger partial charge on any atom is 0.270 e. The Balaban J connectivity index is 1.70. The van der Waals surface area contributed by atoms with E-state index >= 15 is 0 Å². The topological polar surface area (TPSA) is 66.9 Å². The third-order valence-corrected chi connectivity index (χ3v) is 4.35. The first kappa shape index (κ1) is 18.6. The van der Waals surface area contributed by atoms with Crippen LogP contribution >= 0.6 is 0 Å². The molecule has 1 amide bonds. The molecule has 2 N–H and O–H groups in total. The molecule has 5 nitrogen and oxygen atoms in total. The van der Waals surface area contributed by atoms with E-state index in [9.17, 15) is 4.79 Å². The largest absolute Gasteiger partial charge is 0.350 e. The van der Waals surface area contributed by atoms with Crippen LogP contribution in [0.15, 0.2) is 54.6 Å². The van der Waals surface area contributed by atoms with Crippen molar-refractivity contribution in [1.82, 2.24) is 15.3 Å². The summed E-state index contributed by atoms with van der Waals surface area (Å²) in [6, 6.07) is 17.8. The van der Waals surface area contributed by atoms with Gasteiger partial charge in [0.25, 0.3) is 5.91 Å². The molecule has 0 unspecified atom stereocenters. The fourth-order valence-electron chi connectivity index (χ4n) is 2.92. The van der Waals surface area contributed by atoms with E-state index in [0.717, 1.165) is 28.9 Å². The number of para-hydroxylation sites is 1. The highest BCUT2D eigenvalue weighted by Gasteiger charge is 2.12. The molecule has 138 valence electrons. The minimum Gasteiger partial charge on any atom is -0.350 e. The summed E-state index contributed by atoms with van der Waals surface area (Å²) >= 11 is 0. The Morgan fingerprint density at radius 3 is 2.33 bits per heavy atom. The van der Waals surface area contributed by atoms with Gasteiger partial charge in [0.15, 0.2) is 0 Å². The maximum absolute atomic E-state index is 12.5. The highest BCUT2D eigenvalue weighted by molar-refractivity contribution is 5.92. The lowest BCUT2D eigenvalue weighted by Gasteiger charge is -2.12. The number of hydrogen-bond acceptors (Lipinski definition) is 4. The number of nitrogens with one attached hydrogen (secondary N) is 2. The van der Waals surface area contributed by atoms with E-state index in [1.54, 1.807) is 6.07 Å². The van der Waals surface area contributed by atoms with E-state index in [1.807, 2.05) is 69.3 Å². The molecule has 27 heavy (non-hydrogen) atoms. The van der Waals surface area contributed by atoms with Crippen LogP contribution in [0, 0.1) is 20.8 Å². The smallest absolute Gasteiger partial charge is 0.270 e. The molecule has 0 fully saturated rings. The summed E-state index contributed by atoms with van der Waals surface area (Å²) in [4.78, 5) is 21.3. The normalized spacial score (nSPS) is 10.5. The van der Waals surface area contributed by atoms with Crippen LogP contribution in [-0.2, 0) is 6.42 Å². The summed E-state index contributed by atoms with van der Waals surface area (Å²) in [7, 11) is 0. The summed E-state index contributed by atoms with van der Waals surface area (Å²) in [5.74, 6) is 0.238. The molecule has 0 bridgehead atoms. The molecule has 0 saturated carbocycles. The second-order valence-electron chi connectivity index (χ2n) is 6.60. The van der Waals surface area contributed by atoms with E-state index in [1.165, 1.54) is 5.56 Å². The molecule has 0 radical (unpaired) electrons. The van der Waals surface area contributed by atoms with Crippen LogP contribution in [0.5, 0.6) is 0 Å². The van der Waals surface area contributed by atoms with Crippen molar-refractivity contribution in [3.05, 3.63) is 82.7 Å². The Morgan fingerprint density at radius 2 is 1.63 bits per heavy atom. The number of aryl methyl sites for hydroxylation is 3. The standard InChI is InChI=1S/C22H24N4O/c1-15-8-7-9-16(2)20(15)26-22-24-17(3)14-19(25-22)21(27)23-13-12-18-10-5-4-6-11-18/h4-11,14H,12-13H2,1-3H3,(H,23,27)(H,24,25,26). The minimum absolute atomic E-state index is 0.194. The molecule has 2 aromatic carbocycles. The monoisotopic (exact) mass is 360 g/mol. The first-order chi connectivity index (χ1) is 13.0. The first-order valence-corrected chi connectivity index (χ1v) is 9.04. The van der Waals surface area contributed by atoms with Crippen molar-refractivity contribution < 1.29 is 4.79 Å². The average molecular weight is 360 g/mol. The number of rotatable bonds is 6. The van der Waals surface area contributed by atoms with Crippen LogP contribution in [0.4, 0.5) is 11.6 Å². The van der Waals surface area contributed by atoms with Gasteiger partial charge in [-0.1, -0.05) is 48.5 Å². The SMILES string of the molecule is Cc1cc(C(=O)NCCc2ccccc2)nc(Nc2c(C)cccc2C)n1. The highest BCUT2D eigenvalue weighted by Crippen LogP contribution is 2.22. The van der Waals surface area contributed by atoms with Crippen LogP contribution in [-0.4, -0.2) is 22.4 Å². The van der Waals surface area contributed by atoms with Gasteiger partial charge >= 0.3 is 0 Å². The maximum atomic E-state index is 12.5. The van der Waals surface area contributed by atoms with Gasteiger partial charge in [-0.3, -0.25) is 4.79 Å². The summed E-state index contributed by atoms with van der Waals surface area (Å²) in [6.07, 6.45) is 0.782. The van der Waals surface area contributed by atoms with Crippen LogP contribution in [0.1, 0.15) is 32.9 Å². The number of nitrogens with zero attached hydrogens (tertiary/aromatic N) is 2. The molecule has 3 aromatic rings. The summed E-state index contributed by atoms with van der Waals surface area (Å²) in [6.45, 7) is 6.48. The zero-order valence-corrected chi connectivity index (χ0v) is 15.9. The minimum atomic E-state index is -0.194. The van der Waals surface area contributed by atoms with Crippen LogP contribution in [0.2, 0.25) is 0 Å². The predicted octanol–water partition coefficient (Wildman–Crippen LogP) is 4.12. The van der Waals surface area contributed by atoms with Gasteiger partial charge in [-0.25, -0.2) is 9.97 Å². The number of amides is 1. The molecule has 0 spiro atoms. The van der Waals surface area contributed by atoms with Crippen molar-refractivity contribution in [2.75, 3.05) is 11.9 Å². The zero-order chi connectivity index (χ0) is 19.2. The summed E-state index contributed by atoms with van der Waals surface area (Å²) in [5.41, 5.74) is 5.48. The van der Waals surface area contributed by atoms with Gasteiger partial charge in [0.05, 0.1) is 0 Å². The van der Waals surface area contributed by atoms with E-state index < -0.39 is 0 Å². The van der Waals surface area contributed by atoms with Crippen molar-refractivity contribution in [2.24, 2.45) is 0 Å². The number of aromatic nitrogens is 2. The predicted molar refractivity (Wildman–Crippen MR) is 108 cm³/mol. The number of anilines is 2. The number of carbonyl (C=O) groups excluding carboxylic acids is 1. The lowest BCUT2D eigenvalue weighted by atomic mass is 10.1. The number of benzene rings is 2. The average Bonchev–Trinajstić information content (AvgIpc) is 2.65. The van der Waals surface area contributed by atoms with Gasteiger partial charge in [0.2, 0.25) is 5.95 Å². The molecule has 0 atom stereocenters. The van der Waals surface area contributed by atoms with Crippen LogP contribution in [0.25, 0.3) is 0 Å². The second-order valence-corrected chi connectivity index (χ2v) is 6.60. The third kappa shape index (κ3) is 4.91. The lowest BCUT2D eigenvalue weighted by molar-refractivity contribution is 0.0949. The molecule has 1 aromatic heterocycles. The molecular weight excluding hydrogens is 336 g/mol. The summed E-state index contributed by atoms with van der Waals surface area (Å²) < 4.78 is 0. The van der Waals surface area contributed by atoms with Gasteiger partial charge < -0.3 is 10.6 Å². The molecule has 0 aliphatic carbocycles. The van der Waals surface area contributed by atoms with Crippen LogP contribution in [0.3, 0.4) is 0 Å². The molecular formula is C22H24N4O. The highest BCUT2D eigenvalue weighted by atomic mass is 16.1. The van der Waals surface area contributed by atoms with Crippen molar-refractivity contribution >= 4 is 17.5 Å². The fraction of sp³-hybridized carbons (Fsp3) is 0.227. The van der Waals surface area contributed by atoms with Crippen molar-refractivity contribution in [3.8, 4) is 0 Å². The van der Waals surface area contributed by atoms with Crippen molar-refractivity contribution in [3.63, 3.8) is 0 Å². The van der Waals surface area contributed by atoms with Gasteiger partial charge in [0.1, 0.15) is 5.69 Å². The molecule has 1 heterocycles. The zero-order valence-electron chi connectivity index (χ0n) is 15.9. The fourth-order valence-corrected chi connectivity index (χ4v) is 2.92. The van der Waals surface area contributed by atoms with Gasteiger partial charge in [-0.2, -0.15) is 0 Å². The molecule has 3 rings (SSSR count). The Kier molecular flexibility index (Phi) is 5.81. The molecule has 0 aliphatic heterocycles. The lowest BCUT2D eigenvalue weighted by Crippen LogP contribution is -2.27. The first-order valence-electron chi connectivity index (χ1n) is 9.04. The quantitative estimate of drug-likeness (QED) is 0.694. The Morgan fingerprint density at radius 1 is 0.926 bits per heavy atom. The molecule has 0 saturated heterocycles. The van der Waals surface area contributed by atoms with E-state index in [4.69, 9.17) is 0 Å². The van der Waals surface area contributed by atoms with Crippen LogP contribution < -0.4 is 10.6 Å². The Bertz CT molecular complexity index is 918. The van der Waals surface area contributed by atoms with Crippen molar-refractivity contribution in [1.29, 1.82) is 0 Å². The van der Waals surface area contributed by atoms with Gasteiger partial charge in [-0.05, 0) is 49.9 Å². The van der Waals surface area contributed by atoms with E-state index in [-0.39, 0.29) is 5.91 Å². The van der Waals surface area contributed by atoms with Gasteiger partial charge in [0, 0.05) is 17.9 Å². The van der Waals surface area contributed by atoms with Gasteiger partial charge in [-0.15, -0.1) is 0 Å². The molecule has 5 heteroatoms. The second kappa shape index (κ2) is 8.45. The summed E-state index contributed by atoms with van der Waals surface area (Å²) in [5, 5.41) is 6.19. The van der Waals surface area contributed by atoms with E-state index in [2.05, 4.69) is 20.6 Å². The number of hydrogen-bond donors (Lipinski definition) is 2. The van der Waals surface area contributed by atoms with Crippen molar-refractivity contribution in [2.45, 2.75) is 27.2 Å². The number of carbonyl (C=O) groups is 1. The Hall–Kier alpha value is -3.21. The molecule has 0 aliphatic rings. The van der Waals surface area contributed by atoms with E-state index in [0.29, 0.717) is 18.2 Å².